The van der Waals surface area contributed by atoms with Crippen LogP contribution in [0.4, 0.5) is 0 Å². The van der Waals surface area contributed by atoms with Crippen LogP contribution >= 0.6 is 0 Å². The van der Waals surface area contributed by atoms with Crippen molar-refractivity contribution in [2.45, 2.75) is 25.8 Å². The molecule has 26 heavy (non-hydrogen) atoms. The van der Waals surface area contributed by atoms with Gasteiger partial charge in [0.2, 0.25) is 11.8 Å². The molecule has 2 N–H and O–H groups in total. The van der Waals surface area contributed by atoms with Crippen molar-refractivity contribution in [2.24, 2.45) is 11.7 Å². The Morgan fingerprint density at radius 3 is 2.15 bits per heavy atom. The van der Waals surface area contributed by atoms with Gasteiger partial charge in [-0.2, -0.15) is 0 Å². The molecule has 2 saturated heterocycles. The molecule has 0 spiro atoms. The first kappa shape index (κ1) is 18.9. The van der Waals surface area contributed by atoms with Crippen molar-refractivity contribution in [3.05, 3.63) is 35.9 Å². The number of rotatable bonds is 5. The zero-order chi connectivity index (χ0) is 18.5. The number of amides is 2. The Morgan fingerprint density at radius 2 is 1.54 bits per heavy atom. The molecule has 2 unspecified atom stereocenters. The molecule has 1 aromatic rings. The lowest BCUT2D eigenvalue weighted by Crippen LogP contribution is -2.54. The number of hydrogen-bond acceptors (Lipinski definition) is 4. The van der Waals surface area contributed by atoms with E-state index in [9.17, 15) is 9.59 Å². The highest BCUT2D eigenvalue weighted by atomic mass is 16.2. The molecule has 0 aromatic heterocycles. The van der Waals surface area contributed by atoms with E-state index in [4.69, 9.17) is 5.73 Å². The van der Waals surface area contributed by atoms with Crippen molar-refractivity contribution in [2.75, 3.05) is 45.8 Å². The number of piperazine rings is 1. The van der Waals surface area contributed by atoms with Gasteiger partial charge in [-0.1, -0.05) is 37.3 Å². The molecule has 0 saturated carbocycles. The molecule has 0 bridgehead atoms. The second-order valence-corrected chi connectivity index (χ2v) is 7.41. The van der Waals surface area contributed by atoms with Crippen LogP contribution in [0.15, 0.2) is 30.3 Å². The first-order valence-corrected chi connectivity index (χ1v) is 9.65. The van der Waals surface area contributed by atoms with E-state index >= 15 is 0 Å². The lowest BCUT2D eigenvalue weighted by molar-refractivity contribution is -0.142. The lowest BCUT2D eigenvalue weighted by atomic mass is 9.94. The third-order valence-electron chi connectivity index (χ3n) is 5.61. The number of nitrogens with two attached hydrogens (primary N) is 1. The number of carbonyl (C=O) groups is 2. The molecule has 3 rings (SSSR count). The van der Waals surface area contributed by atoms with Gasteiger partial charge in [-0.05, 0) is 31.5 Å². The van der Waals surface area contributed by atoms with Crippen LogP contribution in [0.1, 0.15) is 31.4 Å². The fourth-order valence-corrected chi connectivity index (χ4v) is 3.81. The van der Waals surface area contributed by atoms with E-state index in [1.54, 1.807) is 0 Å². The monoisotopic (exact) mass is 358 g/mol. The number of carbonyl (C=O) groups excluding carboxylic acids is 2. The Kier molecular flexibility index (Phi) is 6.27. The van der Waals surface area contributed by atoms with Crippen molar-refractivity contribution in [3.63, 3.8) is 0 Å². The standard InChI is InChI=1S/C20H30N4O2/c1-16(19(21)17-7-3-2-4-8-17)20(26)24-13-11-23(12-14-24)18(25)15-22-9-5-6-10-22/h2-4,7-8,16,19H,5-6,9-15,21H2,1H3. The number of hydrogen-bond donors (Lipinski definition) is 1. The second-order valence-electron chi connectivity index (χ2n) is 7.41. The third kappa shape index (κ3) is 4.43. The number of benzene rings is 1. The largest absolute Gasteiger partial charge is 0.339 e. The first-order chi connectivity index (χ1) is 12.6. The van der Waals surface area contributed by atoms with Gasteiger partial charge in [-0.3, -0.25) is 14.5 Å². The van der Waals surface area contributed by atoms with Crippen molar-refractivity contribution in [1.29, 1.82) is 0 Å². The van der Waals surface area contributed by atoms with E-state index in [-0.39, 0.29) is 23.8 Å². The van der Waals surface area contributed by atoms with Crippen molar-refractivity contribution in [3.8, 4) is 0 Å². The fourth-order valence-electron chi connectivity index (χ4n) is 3.81. The number of likely N-dealkylation sites (tertiary alicyclic amines) is 1. The zero-order valence-electron chi connectivity index (χ0n) is 15.6. The van der Waals surface area contributed by atoms with Crippen molar-refractivity contribution >= 4 is 11.8 Å². The zero-order valence-corrected chi connectivity index (χ0v) is 15.6. The topological polar surface area (TPSA) is 69.9 Å². The summed E-state index contributed by atoms with van der Waals surface area (Å²) in [5.41, 5.74) is 7.27. The highest BCUT2D eigenvalue weighted by Gasteiger charge is 2.30. The molecule has 2 fully saturated rings. The Morgan fingerprint density at radius 1 is 0.962 bits per heavy atom. The molecule has 6 heteroatoms. The van der Waals surface area contributed by atoms with Gasteiger partial charge in [0.25, 0.3) is 0 Å². The van der Waals surface area contributed by atoms with Crippen LogP contribution in [0.2, 0.25) is 0 Å². The van der Waals surface area contributed by atoms with Crippen molar-refractivity contribution in [1.82, 2.24) is 14.7 Å². The molecule has 6 nitrogen and oxygen atoms in total. The molecular formula is C20H30N4O2. The summed E-state index contributed by atoms with van der Waals surface area (Å²) in [4.78, 5) is 31.2. The van der Waals surface area contributed by atoms with Gasteiger partial charge >= 0.3 is 0 Å². The van der Waals surface area contributed by atoms with Crippen LogP contribution in [0.25, 0.3) is 0 Å². The summed E-state index contributed by atoms with van der Waals surface area (Å²) in [7, 11) is 0. The van der Waals surface area contributed by atoms with Crippen LogP contribution < -0.4 is 5.73 Å². The second kappa shape index (κ2) is 8.64. The summed E-state index contributed by atoms with van der Waals surface area (Å²) in [5.74, 6) is -0.00900. The van der Waals surface area contributed by atoms with Gasteiger partial charge in [0, 0.05) is 32.2 Å². The van der Waals surface area contributed by atoms with E-state index in [0.29, 0.717) is 32.7 Å². The van der Waals surface area contributed by atoms with Gasteiger partial charge in [0.05, 0.1) is 12.5 Å². The summed E-state index contributed by atoms with van der Waals surface area (Å²) in [6.45, 7) is 6.89. The predicted molar refractivity (Wildman–Crippen MR) is 101 cm³/mol. The average molecular weight is 358 g/mol. The van der Waals surface area contributed by atoms with E-state index in [1.807, 2.05) is 47.1 Å². The third-order valence-corrected chi connectivity index (χ3v) is 5.61. The quantitative estimate of drug-likeness (QED) is 0.855. The summed E-state index contributed by atoms with van der Waals surface area (Å²) in [6.07, 6.45) is 2.38. The minimum absolute atomic E-state index is 0.0768. The lowest BCUT2D eigenvalue weighted by Gasteiger charge is -2.37. The van der Waals surface area contributed by atoms with Gasteiger partial charge in [-0.15, -0.1) is 0 Å². The van der Waals surface area contributed by atoms with Crippen LogP contribution in [-0.4, -0.2) is 72.3 Å². The van der Waals surface area contributed by atoms with E-state index in [2.05, 4.69) is 4.90 Å². The highest BCUT2D eigenvalue weighted by Crippen LogP contribution is 2.21. The van der Waals surface area contributed by atoms with E-state index in [0.717, 1.165) is 18.7 Å². The maximum atomic E-state index is 12.8. The summed E-state index contributed by atoms with van der Waals surface area (Å²) < 4.78 is 0. The minimum atomic E-state index is -0.307. The Labute approximate surface area is 155 Å². The van der Waals surface area contributed by atoms with Crippen LogP contribution in [-0.2, 0) is 9.59 Å². The molecule has 142 valence electrons. The minimum Gasteiger partial charge on any atom is -0.339 e. The van der Waals surface area contributed by atoms with Crippen LogP contribution in [0.3, 0.4) is 0 Å². The molecule has 2 heterocycles. The molecule has 1 aromatic carbocycles. The first-order valence-electron chi connectivity index (χ1n) is 9.65. The predicted octanol–water partition coefficient (Wildman–Crippen LogP) is 1.09. The molecule has 0 aliphatic carbocycles. The highest BCUT2D eigenvalue weighted by molar-refractivity contribution is 5.81. The maximum Gasteiger partial charge on any atom is 0.236 e. The molecule has 0 radical (unpaired) electrons. The molecule has 2 atom stereocenters. The molecular weight excluding hydrogens is 328 g/mol. The van der Waals surface area contributed by atoms with E-state index < -0.39 is 0 Å². The van der Waals surface area contributed by atoms with Crippen molar-refractivity contribution < 1.29 is 9.59 Å². The van der Waals surface area contributed by atoms with Crippen LogP contribution in [0.5, 0.6) is 0 Å². The summed E-state index contributed by atoms with van der Waals surface area (Å²) in [6, 6.07) is 9.45. The average Bonchev–Trinajstić information content (AvgIpc) is 3.20. The summed E-state index contributed by atoms with van der Waals surface area (Å²) >= 11 is 0. The number of nitrogens with zero attached hydrogens (tertiary/aromatic N) is 3. The van der Waals surface area contributed by atoms with Gasteiger partial charge < -0.3 is 15.5 Å². The van der Waals surface area contributed by atoms with Crippen LogP contribution in [0, 0.1) is 5.92 Å². The Bertz CT molecular complexity index is 607. The summed E-state index contributed by atoms with van der Waals surface area (Å²) in [5, 5.41) is 0. The molecule has 2 amide bonds. The smallest absolute Gasteiger partial charge is 0.236 e. The Hall–Kier alpha value is -1.92. The maximum absolute atomic E-state index is 12.8. The normalized spacial score (nSPS) is 20.8. The Balaban J connectivity index is 1.49. The van der Waals surface area contributed by atoms with E-state index in [1.165, 1.54) is 12.8 Å². The van der Waals surface area contributed by atoms with Gasteiger partial charge in [0.1, 0.15) is 0 Å². The molecule has 2 aliphatic rings. The van der Waals surface area contributed by atoms with Gasteiger partial charge in [-0.25, -0.2) is 0 Å². The van der Waals surface area contributed by atoms with Gasteiger partial charge in [0.15, 0.2) is 0 Å². The fraction of sp³-hybridized carbons (Fsp3) is 0.600. The SMILES string of the molecule is CC(C(=O)N1CCN(C(=O)CN2CCCC2)CC1)C(N)c1ccccc1. The molecule has 2 aliphatic heterocycles.